The van der Waals surface area contributed by atoms with Crippen LogP contribution in [-0.4, -0.2) is 16.1 Å². The van der Waals surface area contributed by atoms with Gasteiger partial charge in [0, 0.05) is 11.1 Å². The van der Waals surface area contributed by atoms with Crippen molar-refractivity contribution in [3.8, 4) is 5.75 Å². The van der Waals surface area contributed by atoms with Crippen molar-refractivity contribution in [3.05, 3.63) is 44.9 Å². The number of aromatic carboxylic acids is 1. The van der Waals surface area contributed by atoms with Crippen LogP contribution in [0, 0.1) is 20.8 Å². The maximum atomic E-state index is 10.9. The van der Waals surface area contributed by atoms with E-state index in [0.717, 1.165) is 27.6 Å². The highest BCUT2D eigenvalue weighted by Gasteiger charge is 2.11. The first-order valence-corrected chi connectivity index (χ1v) is 6.73. The Hall–Kier alpha value is -1.88. The molecule has 0 spiro atoms. The summed E-state index contributed by atoms with van der Waals surface area (Å²) in [5.41, 5.74) is 2.92. The fraction of sp³-hybridized carbons (Fsp3) is 0.286. The number of aryl methyl sites for hydroxylation is 3. The van der Waals surface area contributed by atoms with E-state index in [1.54, 1.807) is 23.5 Å². The van der Waals surface area contributed by atoms with Crippen LogP contribution in [0.15, 0.2) is 17.5 Å². The molecule has 0 fully saturated rings. The molecule has 0 aliphatic rings. The molecule has 0 unspecified atom stereocenters. The Kier molecular flexibility index (Phi) is 3.85. The van der Waals surface area contributed by atoms with E-state index in [1.165, 1.54) is 0 Å². The highest BCUT2D eigenvalue weighted by molar-refractivity contribution is 7.09. The maximum absolute atomic E-state index is 10.9. The molecule has 2 rings (SSSR count). The highest BCUT2D eigenvalue weighted by Crippen LogP contribution is 2.26. The molecule has 1 N–H and O–H groups in total. The molecule has 1 aromatic carbocycles. The van der Waals surface area contributed by atoms with Crippen LogP contribution in [0.4, 0.5) is 0 Å². The Morgan fingerprint density at radius 1 is 1.32 bits per heavy atom. The molecule has 0 aliphatic carbocycles. The molecular formula is C14H15NO3S. The lowest BCUT2D eigenvalue weighted by atomic mass is 10.1. The van der Waals surface area contributed by atoms with Gasteiger partial charge in [0.2, 0.25) is 0 Å². The summed E-state index contributed by atoms with van der Waals surface area (Å²) in [5.74, 6) is -0.189. The van der Waals surface area contributed by atoms with Gasteiger partial charge in [0.1, 0.15) is 17.4 Å². The molecule has 5 heteroatoms. The molecule has 0 radical (unpaired) electrons. The van der Waals surface area contributed by atoms with E-state index >= 15 is 0 Å². The second-order valence-corrected chi connectivity index (χ2v) is 5.36. The number of rotatable bonds is 4. The molecular weight excluding hydrogens is 262 g/mol. The second-order valence-electron chi connectivity index (χ2n) is 4.42. The SMILES string of the molecule is Cc1csc(COc2c(C)cc(C(=O)O)cc2C)n1. The van der Waals surface area contributed by atoms with E-state index in [2.05, 4.69) is 4.98 Å². The van der Waals surface area contributed by atoms with Gasteiger partial charge < -0.3 is 9.84 Å². The molecule has 0 saturated carbocycles. The third kappa shape index (κ3) is 3.12. The molecule has 100 valence electrons. The van der Waals surface area contributed by atoms with Crippen LogP contribution in [0.5, 0.6) is 5.75 Å². The summed E-state index contributed by atoms with van der Waals surface area (Å²) < 4.78 is 5.76. The lowest BCUT2D eigenvalue weighted by Gasteiger charge is -2.12. The second kappa shape index (κ2) is 5.40. The zero-order chi connectivity index (χ0) is 14.0. The minimum Gasteiger partial charge on any atom is -0.486 e. The number of benzene rings is 1. The molecule has 0 saturated heterocycles. The highest BCUT2D eigenvalue weighted by atomic mass is 32.1. The van der Waals surface area contributed by atoms with Gasteiger partial charge in [-0.25, -0.2) is 9.78 Å². The number of nitrogens with zero attached hydrogens (tertiary/aromatic N) is 1. The van der Waals surface area contributed by atoms with Gasteiger partial charge in [0.05, 0.1) is 5.56 Å². The van der Waals surface area contributed by atoms with Gasteiger partial charge in [-0.15, -0.1) is 11.3 Å². The average Bonchev–Trinajstić information content (AvgIpc) is 2.73. The van der Waals surface area contributed by atoms with Crippen LogP contribution >= 0.6 is 11.3 Å². The predicted molar refractivity (Wildman–Crippen MR) is 74.1 cm³/mol. The van der Waals surface area contributed by atoms with Crippen LogP contribution in [0.25, 0.3) is 0 Å². The van der Waals surface area contributed by atoms with Gasteiger partial charge in [-0.2, -0.15) is 0 Å². The Balaban J connectivity index is 2.18. The van der Waals surface area contributed by atoms with Crippen LogP contribution < -0.4 is 4.74 Å². The van der Waals surface area contributed by atoms with Crippen LogP contribution in [-0.2, 0) is 6.61 Å². The Morgan fingerprint density at radius 2 is 1.95 bits per heavy atom. The van der Waals surface area contributed by atoms with Crippen molar-refractivity contribution >= 4 is 17.3 Å². The van der Waals surface area contributed by atoms with Crippen molar-refractivity contribution in [3.63, 3.8) is 0 Å². The van der Waals surface area contributed by atoms with Crippen molar-refractivity contribution in [1.29, 1.82) is 0 Å². The molecule has 0 bridgehead atoms. The first-order valence-electron chi connectivity index (χ1n) is 5.85. The Bertz CT molecular complexity index is 596. The minimum absolute atomic E-state index is 0.285. The Morgan fingerprint density at radius 3 is 2.42 bits per heavy atom. The van der Waals surface area contributed by atoms with Crippen LogP contribution in [0.3, 0.4) is 0 Å². The number of carbonyl (C=O) groups is 1. The van der Waals surface area contributed by atoms with Gasteiger partial charge in [-0.3, -0.25) is 0 Å². The third-order valence-corrected chi connectivity index (χ3v) is 3.65. The molecule has 2 aromatic rings. The summed E-state index contributed by atoms with van der Waals surface area (Å²) in [7, 11) is 0. The summed E-state index contributed by atoms with van der Waals surface area (Å²) >= 11 is 1.56. The molecule has 19 heavy (non-hydrogen) atoms. The molecule has 4 nitrogen and oxygen atoms in total. The van der Waals surface area contributed by atoms with Gasteiger partial charge in [0.15, 0.2) is 0 Å². The van der Waals surface area contributed by atoms with E-state index in [-0.39, 0.29) is 5.56 Å². The number of carboxylic acids is 1. The summed E-state index contributed by atoms with van der Waals surface area (Å²) in [6.07, 6.45) is 0. The number of carboxylic acid groups (broad SMARTS) is 1. The number of hydrogen-bond acceptors (Lipinski definition) is 4. The summed E-state index contributed by atoms with van der Waals surface area (Å²) in [4.78, 5) is 15.3. The van der Waals surface area contributed by atoms with Crippen molar-refractivity contribution in [2.75, 3.05) is 0 Å². The van der Waals surface area contributed by atoms with Crippen molar-refractivity contribution in [2.45, 2.75) is 27.4 Å². The van der Waals surface area contributed by atoms with Gasteiger partial charge in [0.25, 0.3) is 0 Å². The smallest absolute Gasteiger partial charge is 0.335 e. The molecule has 0 atom stereocenters. The quantitative estimate of drug-likeness (QED) is 0.931. The standard InChI is InChI=1S/C14H15NO3S/c1-8-4-11(14(16)17)5-9(2)13(8)18-6-12-15-10(3)7-19-12/h4-5,7H,6H2,1-3H3,(H,16,17). The van der Waals surface area contributed by atoms with Gasteiger partial charge in [-0.1, -0.05) is 0 Å². The average molecular weight is 277 g/mol. The maximum Gasteiger partial charge on any atom is 0.335 e. The molecule has 1 heterocycles. The largest absolute Gasteiger partial charge is 0.486 e. The molecule has 0 amide bonds. The van der Waals surface area contributed by atoms with Crippen LogP contribution in [0.2, 0.25) is 0 Å². The molecule has 1 aromatic heterocycles. The lowest BCUT2D eigenvalue weighted by molar-refractivity contribution is 0.0696. The lowest BCUT2D eigenvalue weighted by Crippen LogP contribution is -2.02. The zero-order valence-electron chi connectivity index (χ0n) is 11.1. The third-order valence-electron chi connectivity index (χ3n) is 2.71. The number of hydrogen-bond donors (Lipinski definition) is 1. The van der Waals surface area contributed by atoms with Crippen LogP contribution in [0.1, 0.15) is 32.2 Å². The fourth-order valence-electron chi connectivity index (χ4n) is 1.90. The van der Waals surface area contributed by atoms with E-state index < -0.39 is 5.97 Å². The normalized spacial score (nSPS) is 10.5. The van der Waals surface area contributed by atoms with E-state index in [1.807, 2.05) is 26.2 Å². The zero-order valence-corrected chi connectivity index (χ0v) is 11.9. The summed E-state index contributed by atoms with van der Waals surface area (Å²) in [6, 6.07) is 3.25. The summed E-state index contributed by atoms with van der Waals surface area (Å²) in [6.45, 7) is 6.05. The van der Waals surface area contributed by atoms with Gasteiger partial charge >= 0.3 is 5.97 Å². The topological polar surface area (TPSA) is 59.4 Å². The first kappa shape index (κ1) is 13.5. The minimum atomic E-state index is -0.923. The van der Waals surface area contributed by atoms with Crippen molar-refractivity contribution in [1.82, 2.24) is 4.98 Å². The predicted octanol–water partition coefficient (Wildman–Crippen LogP) is 3.35. The summed E-state index contributed by atoms with van der Waals surface area (Å²) in [5, 5.41) is 11.9. The monoisotopic (exact) mass is 277 g/mol. The van der Waals surface area contributed by atoms with E-state index in [9.17, 15) is 4.79 Å². The Labute approximate surface area is 115 Å². The van der Waals surface area contributed by atoms with E-state index in [4.69, 9.17) is 9.84 Å². The van der Waals surface area contributed by atoms with Crippen molar-refractivity contribution < 1.29 is 14.6 Å². The van der Waals surface area contributed by atoms with Gasteiger partial charge in [-0.05, 0) is 44.0 Å². The number of ether oxygens (including phenoxy) is 1. The fourth-order valence-corrected chi connectivity index (χ4v) is 2.59. The first-order chi connectivity index (χ1) is 8.97. The van der Waals surface area contributed by atoms with Crippen molar-refractivity contribution in [2.24, 2.45) is 0 Å². The molecule has 0 aliphatic heterocycles. The number of aromatic nitrogens is 1. The number of thiazole rings is 1. The van der Waals surface area contributed by atoms with E-state index in [0.29, 0.717) is 6.61 Å².